The van der Waals surface area contributed by atoms with Crippen LogP contribution in [0.25, 0.3) is 11.1 Å². The van der Waals surface area contributed by atoms with E-state index in [1.54, 1.807) is 12.1 Å². The highest BCUT2D eigenvalue weighted by Gasteiger charge is 2.41. The average Bonchev–Trinajstić information content (AvgIpc) is 2.53. The lowest BCUT2D eigenvalue weighted by Gasteiger charge is -2.33. The summed E-state index contributed by atoms with van der Waals surface area (Å²) in [5.41, 5.74) is 3.10. The van der Waals surface area contributed by atoms with Crippen molar-refractivity contribution >= 4 is 34.8 Å². The Morgan fingerprint density at radius 1 is 1.08 bits per heavy atom. The van der Waals surface area contributed by atoms with Crippen LogP contribution in [0.2, 0.25) is 10.3 Å². The van der Waals surface area contributed by atoms with Gasteiger partial charge in [-0.05, 0) is 46.7 Å². The zero-order chi connectivity index (χ0) is 19.1. The van der Waals surface area contributed by atoms with E-state index in [1.807, 2.05) is 39.0 Å². The first-order valence-corrected chi connectivity index (χ1v) is 9.48. The maximum absolute atomic E-state index is 12.8. The van der Waals surface area contributed by atoms with Crippen molar-refractivity contribution in [3.05, 3.63) is 51.8 Å². The molecule has 0 saturated heterocycles. The summed E-state index contributed by atoms with van der Waals surface area (Å²) < 4.78 is 0. The number of benzene rings is 1. The van der Waals surface area contributed by atoms with Gasteiger partial charge in [0, 0.05) is 18.4 Å². The third-order valence-corrected chi connectivity index (χ3v) is 5.41. The second kappa shape index (κ2) is 7.13. The van der Waals surface area contributed by atoms with Crippen LogP contribution in [0.1, 0.15) is 50.7 Å². The fourth-order valence-electron chi connectivity index (χ4n) is 3.72. The number of Topliss-reactive ketones (excluding diaryl/α,β-unsaturated/α-hetero) is 2. The lowest BCUT2D eigenvalue weighted by molar-refractivity contribution is -0.135. The Morgan fingerprint density at radius 3 is 2.31 bits per heavy atom. The average molecular weight is 390 g/mol. The van der Waals surface area contributed by atoms with Crippen molar-refractivity contribution in [2.75, 3.05) is 0 Å². The summed E-state index contributed by atoms with van der Waals surface area (Å²) >= 11 is 12.1. The summed E-state index contributed by atoms with van der Waals surface area (Å²) in [5.74, 6) is -0.686. The van der Waals surface area contributed by atoms with Gasteiger partial charge in [-0.25, -0.2) is 4.98 Å². The van der Waals surface area contributed by atoms with E-state index in [2.05, 4.69) is 4.98 Å². The van der Waals surface area contributed by atoms with Crippen molar-refractivity contribution in [3.63, 3.8) is 0 Å². The van der Waals surface area contributed by atoms with Crippen molar-refractivity contribution in [2.24, 2.45) is 5.41 Å². The minimum absolute atomic E-state index is 0.00146. The third-order valence-electron chi connectivity index (χ3n) is 4.91. The second-order valence-electron chi connectivity index (χ2n) is 7.62. The topological polar surface area (TPSA) is 47.0 Å². The maximum Gasteiger partial charge on any atom is 0.148 e. The van der Waals surface area contributed by atoms with Gasteiger partial charge in [0.05, 0.1) is 0 Å². The quantitative estimate of drug-likeness (QED) is 0.502. The van der Waals surface area contributed by atoms with Crippen LogP contribution in [0, 0.1) is 5.41 Å². The molecule has 136 valence electrons. The Labute approximate surface area is 163 Å². The zero-order valence-corrected chi connectivity index (χ0v) is 16.6. The molecule has 1 aromatic carbocycles. The Kier molecular flexibility index (Phi) is 5.23. The van der Waals surface area contributed by atoms with E-state index in [0.717, 1.165) is 28.7 Å². The predicted octanol–water partition coefficient (Wildman–Crippen LogP) is 5.66. The molecule has 1 saturated carbocycles. The highest BCUT2D eigenvalue weighted by atomic mass is 35.5. The first kappa shape index (κ1) is 19.1. The largest absolute Gasteiger partial charge is 0.299 e. The molecule has 1 aliphatic carbocycles. The number of hydrogen-bond acceptors (Lipinski definition) is 3. The molecule has 3 rings (SSSR count). The summed E-state index contributed by atoms with van der Waals surface area (Å²) in [6, 6.07) is 9.30. The smallest absolute Gasteiger partial charge is 0.148 e. The van der Waals surface area contributed by atoms with Crippen LogP contribution in [0.5, 0.6) is 0 Å². The number of halogens is 2. The van der Waals surface area contributed by atoms with Crippen molar-refractivity contribution in [1.82, 2.24) is 4.98 Å². The zero-order valence-electron chi connectivity index (χ0n) is 15.1. The van der Waals surface area contributed by atoms with E-state index in [4.69, 9.17) is 23.2 Å². The van der Waals surface area contributed by atoms with Crippen LogP contribution in [-0.2, 0) is 16.0 Å². The number of hydrogen-bond donors (Lipinski definition) is 0. The van der Waals surface area contributed by atoms with Gasteiger partial charge >= 0.3 is 0 Å². The Hall–Kier alpha value is -1.71. The van der Waals surface area contributed by atoms with Crippen LogP contribution in [-0.4, -0.2) is 16.6 Å². The van der Waals surface area contributed by atoms with E-state index < -0.39 is 5.92 Å². The first-order valence-electron chi connectivity index (χ1n) is 8.72. The van der Waals surface area contributed by atoms with E-state index in [9.17, 15) is 9.59 Å². The van der Waals surface area contributed by atoms with E-state index in [-0.39, 0.29) is 17.0 Å². The van der Waals surface area contributed by atoms with Gasteiger partial charge in [-0.1, -0.05) is 56.1 Å². The molecule has 0 N–H and O–H groups in total. The van der Waals surface area contributed by atoms with Crippen LogP contribution >= 0.6 is 23.2 Å². The SMILES string of the molecule is CCc1ccc(-c2ccc(Cl)nc2Cl)cc1C1C(=O)CC(C)(C)CC1=O. The lowest BCUT2D eigenvalue weighted by atomic mass is 9.69. The summed E-state index contributed by atoms with van der Waals surface area (Å²) in [6.45, 7) is 5.96. The molecule has 1 heterocycles. The molecule has 3 nitrogen and oxygen atoms in total. The number of pyridine rings is 1. The molecular formula is C21H21Cl2NO2. The van der Waals surface area contributed by atoms with Crippen molar-refractivity contribution in [3.8, 4) is 11.1 Å². The molecule has 0 aliphatic heterocycles. The molecular weight excluding hydrogens is 369 g/mol. The number of carbonyl (C=O) groups excluding carboxylic acids is 2. The molecule has 26 heavy (non-hydrogen) atoms. The van der Waals surface area contributed by atoms with Gasteiger partial charge in [0.2, 0.25) is 0 Å². The molecule has 0 spiro atoms. The molecule has 1 fully saturated rings. The van der Waals surface area contributed by atoms with Gasteiger partial charge in [0.1, 0.15) is 27.8 Å². The molecule has 0 radical (unpaired) electrons. The van der Waals surface area contributed by atoms with Gasteiger partial charge in [-0.3, -0.25) is 9.59 Å². The Balaban J connectivity index is 2.09. The highest BCUT2D eigenvalue weighted by Crippen LogP contribution is 2.40. The van der Waals surface area contributed by atoms with Crippen LogP contribution in [0.4, 0.5) is 0 Å². The summed E-state index contributed by atoms with van der Waals surface area (Å²) in [5, 5.41) is 0.624. The summed E-state index contributed by atoms with van der Waals surface area (Å²) in [4.78, 5) is 29.6. The number of aromatic nitrogens is 1. The van der Waals surface area contributed by atoms with Crippen molar-refractivity contribution in [1.29, 1.82) is 0 Å². The summed E-state index contributed by atoms with van der Waals surface area (Å²) in [6.07, 6.45) is 1.59. The minimum atomic E-state index is -0.683. The standard InChI is InChI=1S/C21H21Cl2NO2/c1-4-12-5-6-13(14-7-8-18(22)24-20(14)23)9-15(12)19-16(25)10-21(2,3)11-17(19)26/h5-9,19H,4,10-11H2,1-3H3. The molecule has 0 unspecified atom stereocenters. The number of carbonyl (C=O) groups is 2. The monoisotopic (exact) mass is 389 g/mol. The van der Waals surface area contributed by atoms with E-state index >= 15 is 0 Å². The fourth-order valence-corrected chi connectivity index (χ4v) is 4.17. The van der Waals surface area contributed by atoms with E-state index in [1.165, 1.54) is 0 Å². The number of nitrogens with zero attached hydrogens (tertiary/aromatic N) is 1. The Bertz CT molecular complexity index is 870. The lowest BCUT2D eigenvalue weighted by Crippen LogP contribution is -2.36. The number of aryl methyl sites for hydroxylation is 1. The molecule has 1 aliphatic rings. The normalized spacial score (nSPS) is 17.6. The molecule has 2 aromatic rings. The number of rotatable bonds is 3. The number of ketones is 2. The van der Waals surface area contributed by atoms with Crippen LogP contribution < -0.4 is 0 Å². The maximum atomic E-state index is 12.8. The molecule has 0 bridgehead atoms. The third kappa shape index (κ3) is 3.70. The molecule has 5 heteroatoms. The summed E-state index contributed by atoms with van der Waals surface area (Å²) in [7, 11) is 0. The van der Waals surface area contributed by atoms with E-state index in [0.29, 0.717) is 23.1 Å². The minimum Gasteiger partial charge on any atom is -0.299 e. The van der Waals surface area contributed by atoms with Gasteiger partial charge in [0.25, 0.3) is 0 Å². The molecule has 1 aromatic heterocycles. The highest BCUT2D eigenvalue weighted by molar-refractivity contribution is 6.34. The second-order valence-corrected chi connectivity index (χ2v) is 8.37. The van der Waals surface area contributed by atoms with Gasteiger partial charge < -0.3 is 0 Å². The fraction of sp³-hybridized carbons (Fsp3) is 0.381. The van der Waals surface area contributed by atoms with Crippen molar-refractivity contribution < 1.29 is 9.59 Å². The molecule has 0 amide bonds. The van der Waals surface area contributed by atoms with Gasteiger partial charge in [0.15, 0.2) is 0 Å². The van der Waals surface area contributed by atoms with Crippen molar-refractivity contribution in [2.45, 2.75) is 46.0 Å². The first-order chi connectivity index (χ1) is 12.2. The van der Waals surface area contributed by atoms with Gasteiger partial charge in [-0.15, -0.1) is 0 Å². The van der Waals surface area contributed by atoms with Crippen LogP contribution in [0.3, 0.4) is 0 Å². The Morgan fingerprint density at radius 2 is 1.73 bits per heavy atom. The molecule has 0 atom stereocenters. The van der Waals surface area contributed by atoms with Gasteiger partial charge in [-0.2, -0.15) is 0 Å². The predicted molar refractivity (Wildman–Crippen MR) is 105 cm³/mol. The van der Waals surface area contributed by atoms with Crippen LogP contribution in [0.15, 0.2) is 30.3 Å².